The van der Waals surface area contributed by atoms with Crippen molar-refractivity contribution in [1.29, 1.82) is 0 Å². The highest BCUT2D eigenvalue weighted by atomic mass is 127. The quantitative estimate of drug-likeness (QED) is 0.145. The fourth-order valence-electron chi connectivity index (χ4n) is 5.75. The Hall–Kier alpha value is 1.97. The number of carbonyl (C=O) groups is 1. The average molecular weight is 1250 g/mol. The number of rotatable bonds is 5. The fraction of sp³-hybridized carbons (Fsp3) is 0.321. The molecule has 5 rings (SSSR count). The molecular weight excluding hydrogens is 1230 g/mol. The van der Waals surface area contributed by atoms with Crippen molar-refractivity contribution >= 4 is 162 Å². The van der Waals surface area contributed by atoms with Crippen LogP contribution in [0.3, 0.4) is 0 Å². The van der Waals surface area contributed by atoms with Crippen LogP contribution in [0.5, 0.6) is 0 Å². The second-order valence-electron chi connectivity index (χ2n) is 10.4. The Morgan fingerprint density at radius 2 is 1.30 bits per heavy atom. The van der Waals surface area contributed by atoms with Gasteiger partial charge < -0.3 is 4.55 Å². The summed E-state index contributed by atoms with van der Waals surface area (Å²) < 4.78 is 40.6. The predicted octanol–water partition coefficient (Wildman–Crippen LogP) is 9.34. The topological polar surface area (TPSA) is 74.3 Å². The number of ketones is 1. The smallest absolute Gasteiger partial charge is 0.193 e. The van der Waals surface area contributed by atoms with Crippen molar-refractivity contribution in [1.82, 2.24) is 0 Å². The molecular formula is C28H24I6O4S2. The molecule has 3 aromatic carbocycles. The van der Waals surface area contributed by atoms with Crippen LogP contribution < -0.4 is 0 Å². The highest BCUT2D eigenvalue weighted by molar-refractivity contribution is 14.1. The SMILES string of the molecule is CC1(C)C2CCC1(CS(=O)(=O)[O-])C(=O)C2.Ic1cc(I)c([S+](c2ccccc2)c2c(I)cc(I)cc2I)c(I)c1. The predicted molar refractivity (Wildman–Crippen MR) is 211 cm³/mol. The summed E-state index contributed by atoms with van der Waals surface area (Å²) in [6, 6.07) is 20.1. The van der Waals surface area contributed by atoms with E-state index in [1.54, 1.807) is 0 Å². The minimum absolute atomic E-state index is 0.0248. The van der Waals surface area contributed by atoms with Crippen molar-refractivity contribution in [2.75, 3.05) is 5.75 Å². The summed E-state index contributed by atoms with van der Waals surface area (Å²) in [4.78, 5) is 16.1. The van der Waals surface area contributed by atoms with Crippen LogP contribution in [0.4, 0.5) is 0 Å². The number of Topliss-reactive ketones (excluding diaryl/α,β-unsaturated/α-hetero) is 1. The van der Waals surface area contributed by atoms with Gasteiger partial charge in [-0.1, -0.05) is 32.0 Å². The molecule has 2 atom stereocenters. The molecule has 2 aliphatic rings. The fourth-order valence-corrected chi connectivity index (χ4v) is 19.0. The number of hydrogen-bond donors (Lipinski definition) is 0. The highest BCUT2D eigenvalue weighted by Gasteiger charge is 2.64. The first-order chi connectivity index (χ1) is 18.6. The van der Waals surface area contributed by atoms with Crippen molar-refractivity contribution in [2.45, 2.75) is 47.8 Å². The molecule has 0 spiro atoms. The zero-order valence-corrected chi connectivity index (χ0v) is 35.9. The van der Waals surface area contributed by atoms with E-state index in [0.29, 0.717) is 12.8 Å². The lowest BCUT2D eigenvalue weighted by Crippen LogP contribution is -2.42. The van der Waals surface area contributed by atoms with Crippen molar-refractivity contribution in [3.8, 4) is 0 Å². The number of hydrogen-bond acceptors (Lipinski definition) is 4. The molecule has 0 saturated heterocycles. The Morgan fingerprint density at radius 1 is 0.850 bits per heavy atom. The molecule has 0 amide bonds. The Morgan fingerprint density at radius 3 is 1.65 bits per heavy atom. The second-order valence-corrected chi connectivity index (χ2v) is 20.8. The van der Waals surface area contributed by atoms with Gasteiger partial charge >= 0.3 is 0 Å². The average Bonchev–Trinajstić information content (AvgIpc) is 3.16. The summed E-state index contributed by atoms with van der Waals surface area (Å²) in [6.45, 7) is 3.83. The van der Waals surface area contributed by atoms with Crippen LogP contribution in [0, 0.1) is 38.2 Å². The second kappa shape index (κ2) is 13.8. The van der Waals surface area contributed by atoms with Crippen molar-refractivity contribution < 1.29 is 17.8 Å². The van der Waals surface area contributed by atoms with E-state index in [2.05, 4.69) is 190 Å². The third-order valence-corrected chi connectivity index (χ3v) is 17.3. The molecule has 2 aliphatic carbocycles. The van der Waals surface area contributed by atoms with Crippen molar-refractivity contribution in [2.24, 2.45) is 16.7 Å². The maximum absolute atomic E-state index is 11.8. The van der Waals surface area contributed by atoms with Gasteiger partial charge in [-0.15, -0.1) is 0 Å². The van der Waals surface area contributed by atoms with Gasteiger partial charge in [-0.25, -0.2) is 8.42 Å². The van der Waals surface area contributed by atoms with E-state index >= 15 is 0 Å². The van der Waals surface area contributed by atoms with Crippen LogP contribution in [0.1, 0.15) is 33.1 Å². The van der Waals surface area contributed by atoms with Gasteiger partial charge in [0.1, 0.15) is 16.7 Å². The third-order valence-electron chi connectivity index (χ3n) is 7.88. The van der Waals surface area contributed by atoms with Gasteiger partial charge in [-0.3, -0.25) is 4.79 Å². The molecule has 2 bridgehead atoms. The number of halogens is 6. The van der Waals surface area contributed by atoms with Gasteiger partial charge in [0.25, 0.3) is 0 Å². The molecule has 2 saturated carbocycles. The van der Waals surface area contributed by atoms with Gasteiger partial charge in [0, 0.05) is 19.0 Å². The molecule has 12 heteroatoms. The minimum Gasteiger partial charge on any atom is -0.748 e. The summed E-state index contributed by atoms with van der Waals surface area (Å²) >= 11 is 14.8. The van der Waals surface area contributed by atoms with E-state index in [1.807, 2.05) is 13.8 Å². The summed E-state index contributed by atoms with van der Waals surface area (Å²) in [7, 11) is -4.44. The highest BCUT2D eigenvalue weighted by Crippen LogP contribution is 2.64. The number of benzene rings is 3. The van der Waals surface area contributed by atoms with Gasteiger partial charge in [0.2, 0.25) is 0 Å². The maximum atomic E-state index is 11.8. The first-order valence-corrected chi connectivity index (χ1v) is 21.4. The zero-order chi connectivity index (χ0) is 29.6. The normalized spacial score (nSPS) is 21.4. The molecule has 0 aromatic heterocycles. The van der Waals surface area contributed by atoms with E-state index < -0.39 is 21.3 Å². The van der Waals surface area contributed by atoms with Crippen LogP contribution in [0.15, 0.2) is 69.3 Å². The summed E-state index contributed by atoms with van der Waals surface area (Å²) in [6.07, 6.45) is 1.88. The monoisotopic (exact) mass is 1250 g/mol. The van der Waals surface area contributed by atoms with Crippen LogP contribution in [-0.2, 0) is 25.8 Å². The Balaban J connectivity index is 0.000000210. The molecule has 0 N–H and O–H groups in total. The molecule has 2 fully saturated rings. The van der Waals surface area contributed by atoms with E-state index in [0.717, 1.165) is 6.42 Å². The Kier molecular flexibility index (Phi) is 12.0. The Labute approximate surface area is 321 Å². The van der Waals surface area contributed by atoms with E-state index in [1.165, 1.54) is 36.1 Å². The van der Waals surface area contributed by atoms with Gasteiger partial charge in [0.15, 0.2) is 14.7 Å². The molecule has 3 aromatic rings. The number of carbonyl (C=O) groups excluding carboxylic acids is 1. The molecule has 2 unspecified atom stereocenters. The first-order valence-electron chi connectivity index (χ1n) is 12.1. The molecule has 214 valence electrons. The third kappa shape index (κ3) is 7.33. The molecule has 0 aliphatic heterocycles. The van der Waals surface area contributed by atoms with Crippen LogP contribution in [0.2, 0.25) is 0 Å². The molecule has 40 heavy (non-hydrogen) atoms. The van der Waals surface area contributed by atoms with Crippen LogP contribution >= 0.6 is 136 Å². The largest absolute Gasteiger partial charge is 0.748 e. The van der Waals surface area contributed by atoms with E-state index in [4.69, 9.17) is 0 Å². The molecule has 0 radical (unpaired) electrons. The summed E-state index contributed by atoms with van der Waals surface area (Å²) in [5.41, 5.74) is -1.22. The molecule has 4 nitrogen and oxygen atoms in total. The Bertz CT molecular complexity index is 1460. The zero-order valence-electron chi connectivity index (χ0n) is 21.3. The van der Waals surface area contributed by atoms with Crippen LogP contribution in [-0.4, -0.2) is 24.5 Å². The summed E-state index contributed by atoms with van der Waals surface area (Å²) in [5, 5.41) is 0. The number of fused-ring (bicyclic) bond motifs is 2. The van der Waals surface area contributed by atoms with Crippen molar-refractivity contribution in [3.05, 3.63) is 76.0 Å². The lowest BCUT2D eigenvalue weighted by atomic mass is 9.70. The summed E-state index contributed by atoms with van der Waals surface area (Å²) in [5.74, 6) is -0.280. The van der Waals surface area contributed by atoms with Gasteiger partial charge in [-0.2, -0.15) is 0 Å². The minimum atomic E-state index is -4.33. The lowest BCUT2D eigenvalue weighted by Gasteiger charge is -2.37. The first kappa shape index (κ1) is 34.8. The van der Waals surface area contributed by atoms with Gasteiger partial charge in [-0.05, 0) is 196 Å². The van der Waals surface area contributed by atoms with Crippen molar-refractivity contribution in [3.63, 3.8) is 0 Å². The van der Waals surface area contributed by atoms with Crippen LogP contribution in [0.25, 0.3) is 0 Å². The lowest BCUT2D eigenvalue weighted by molar-refractivity contribution is -0.128. The molecule has 0 heterocycles. The maximum Gasteiger partial charge on any atom is 0.193 e. The van der Waals surface area contributed by atoms with E-state index in [9.17, 15) is 17.8 Å². The van der Waals surface area contributed by atoms with E-state index in [-0.39, 0.29) is 28.0 Å². The van der Waals surface area contributed by atoms with Gasteiger partial charge in [0.05, 0.1) is 30.2 Å². The standard InChI is InChI=1S/C18H9I6S.C10H16O4S/c19-10-6-13(21)17(14(22)7-10)25(12-4-2-1-3-5-12)18-15(23)8-11(20)9-16(18)24;1-9(2)7-3-4-10(9,8(11)5-7)6-15(12,13)14/h1-9H;7H,3-6H2,1-2H3,(H,12,13,14)/q+1;/p-1.